The number of nitrogens with one attached hydrogen (secondary N) is 1. The van der Waals surface area contributed by atoms with Gasteiger partial charge in [-0.2, -0.15) is 0 Å². The van der Waals surface area contributed by atoms with Crippen LogP contribution >= 0.6 is 0 Å². The number of aromatic nitrogens is 3. The van der Waals surface area contributed by atoms with Crippen LogP contribution in [-0.2, 0) is 14.1 Å². The standard InChI is InChI=1S/C18H25N5O3/c1-11-9-13(16(24)23-7-5-12(6-8-23)10-19-2)20-15-14(11)17(25)22(4)18(26)21(15)3/h9,12,19H,5-8,10H2,1-4H3. The van der Waals surface area contributed by atoms with Crippen molar-refractivity contribution in [1.29, 1.82) is 0 Å². The highest BCUT2D eigenvalue weighted by atomic mass is 16.2. The number of likely N-dealkylation sites (tertiary alicyclic amines) is 1. The largest absolute Gasteiger partial charge is 0.337 e. The number of rotatable bonds is 3. The van der Waals surface area contributed by atoms with E-state index in [1.165, 1.54) is 11.6 Å². The van der Waals surface area contributed by atoms with E-state index in [0.29, 0.717) is 30.0 Å². The molecule has 0 atom stereocenters. The number of hydrogen-bond acceptors (Lipinski definition) is 5. The van der Waals surface area contributed by atoms with Gasteiger partial charge in [0.25, 0.3) is 11.5 Å². The fraction of sp³-hybridized carbons (Fsp3) is 0.556. The van der Waals surface area contributed by atoms with Crippen LogP contribution < -0.4 is 16.6 Å². The molecule has 0 saturated carbocycles. The van der Waals surface area contributed by atoms with E-state index in [-0.39, 0.29) is 22.8 Å². The van der Waals surface area contributed by atoms with Crippen LogP contribution in [-0.4, -0.2) is 51.6 Å². The van der Waals surface area contributed by atoms with Crippen molar-refractivity contribution in [2.75, 3.05) is 26.7 Å². The summed E-state index contributed by atoms with van der Waals surface area (Å²) in [5.41, 5.74) is 0.350. The number of amides is 1. The molecule has 140 valence electrons. The van der Waals surface area contributed by atoms with Gasteiger partial charge in [-0.15, -0.1) is 0 Å². The van der Waals surface area contributed by atoms with Crippen LogP contribution in [0.4, 0.5) is 0 Å². The molecule has 2 aromatic rings. The Morgan fingerprint density at radius 3 is 2.50 bits per heavy atom. The Hall–Kier alpha value is -2.48. The first-order chi connectivity index (χ1) is 12.3. The SMILES string of the molecule is CNCC1CCN(C(=O)c2cc(C)c3c(=O)n(C)c(=O)n(C)c3n2)CC1. The second-order valence-corrected chi connectivity index (χ2v) is 7.02. The van der Waals surface area contributed by atoms with Crippen LogP contribution in [0.1, 0.15) is 28.9 Å². The zero-order valence-corrected chi connectivity index (χ0v) is 15.7. The number of nitrogens with zero attached hydrogens (tertiary/aromatic N) is 4. The van der Waals surface area contributed by atoms with E-state index in [2.05, 4.69) is 10.3 Å². The van der Waals surface area contributed by atoms with Crippen molar-refractivity contribution in [2.45, 2.75) is 19.8 Å². The second kappa shape index (κ2) is 7.03. The molecule has 0 aromatic carbocycles. The first-order valence-electron chi connectivity index (χ1n) is 8.86. The van der Waals surface area contributed by atoms with Gasteiger partial charge >= 0.3 is 5.69 Å². The lowest BCUT2D eigenvalue weighted by Gasteiger charge is -2.31. The Kier molecular flexibility index (Phi) is 4.95. The molecule has 0 bridgehead atoms. The van der Waals surface area contributed by atoms with E-state index in [1.54, 1.807) is 24.9 Å². The average molecular weight is 359 g/mol. The van der Waals surface area contributed by atoms with Gasteiger partial charge in [0.1, 0.15) is 11.3 Å². The highest BCUT2D eigenvalue weighted by Crippen LogP contribution is 2.19. The van der Waals surface area contributed by atoms with Crippen molar-refractivity contribution in [2.24, 2.45) is 20.0 Å². The number of carbonyl (C=O) groups excluding carboxylic acids is 1. The summed E-state index contributed by atoms with van der Waals surface area (Å²) in [6, 6.07) is 1.65. The molecular formula is C18H25N5O3. The molecule has 1 saturated heterocycles. The number of aryl methyl sites for hydroxylation is 2. The molecule has 0 radical (unpaired) electrons. The fourth-order valence-corrected chi connectivity index (χ4v) is 3.63. The van der Waals surface area contributed by atoms with Crippen molar-refractivity contribution < 1.29 is 4.79 Å². The van der Waals surface area contributed by atoms with E-state index in [4.69, 9.17) is 0 Å². The van der Waals surface area contributed by atoms with Crippen molar-refractivity contribution in [3.8, 4) is 0 Å². The molecule has 0 aliphatic carbocycles. The lowest BCUT2D eigenvalue weighted by atomic mass is 9.96. The summed E-state index contributed by atoms with van der Waals surface area (Å²) < 4.78 is 2.38. The molecule has 8 heteroatoms. The fourth-order valence-electron chi connectivity index (χ4n) is 3.63. The highest BCUT2D eigenvalue weighted by Gasteiger charge is 2.25. The maximum atomic E-state index is 12.9. The smallest absolute Gasteiger partial charge is 0.332 e. The van der Waals surface area contributed by atoms with E-state index in [1.807, 2.05) is 7.05 Å². The van der Waals surface area contributed by atoms with E-state index in [9.17, 15) is 14.4 Å². The van der Waals surface area contributed by atoms with E-state index in [0.717, 1.165) is 24.0 Å². The molecule has 0 unspecified atom stereocenters. The maximum absolute atomic E-state index is 12.9. The minimum absolute atomic E-state index is 0.147. The number of carbonyl (C=O) groups is 1. The third kappa shape index (κ3) is 3.05. The molecule has 3 heterocycles. The molecule has 1 aliphatic heterocycles. The van der Waals surface area contributed by atoms with Crippen molar-refractivity contribution in [3.05, 3.63) is 38.2 Å². The van der Waals surface area contributed by atoms with Crippen LogP contribution in [0.25, 0.3) is 11.0 Å². The molecule has 1 N–H and O–H groups in total. The van der Waals surface area contributed by atoms with Crippen LogP contribution in [0.5, 0.6) is 0 Å². The molecule has 1 amide bonds. The number of fused-ring (bicyclic) bond motifs is 1. The summed E-state index contributed by atoms with van der Waals surface area (Å²) in [7, 11) is 4.94. The summed E-state index contributed by atoms with van der Waals surface area (Å²) >= 11 is 0. The van der Waals surface area contributed by atoms with Gasteiger partial charge in [0.05, 0.1) is 5.39 Å². The normalized spacial score (nSPS) is 15.6. The van der Waals surface area contributed by atoms with Gasteiger partial charge in [-0.25, -0.2) is 9.78 Å². The molecule has 1 fully saturated rings. The van der Waals surface area contributed by atoms with Gasteiger partial charge in [0, 0.05) is 27.2 Å². The summed E-state index contributed by atoms with van der Waals surface area (Å²) in [5, 5.41) is 3.56. The zero-order valence-electron chi connectivity index (χ0n) is 15.7. The Bertz CT molecular complexity index is 967. The maximum Gasteiger partial charge on any atom is 0.332 e. The summed E-state index contributed by atoms with van der Waals surface area (Å²) in [5.74, 6) is 0.435. The number of piperidine rings is 1. The Labute approximate surface area is 151 Å². The lowest BCUT2D eigenvalue weighted by Crippen LogP contribution is -2.41. The van der Waals surface area contributed by atoms with Gasteiger partial charge in [-0.3, -0.25) is 18.7 Å². The zero-order chi connectivity index (χ0) is 19.0. The third-order valence-electron chi connectivity index (χ3n) is 5.22. The predicted octanol–water partition coefficient (Wildman–Crippen LogP) is 0.0122. The van der Waals surface area contributed by atoms with Crippen LogP contribution in [0, 0.1) is 12.8 Å². The third-order valence-corrected chi connectivity index (χ3v) is 5.22. The summed E-state index contributed by atoms with van der Waals surface area (Å²) in [6.07, 6.45) is 1.91. The van der Waals surface area contributed by atoms with Crippen LogP contribution in [0.2, 0.25) is 0 Å². The number of pyridine rings is 1. The Balaban J connectivity index is 1.98. The minimum Gasteiger partial charge on any atom is -0.337 e. The highest BCUT2D eigenvalue weighted by molar-refractivity contribution is 5.95. The van der Waals surface area contributed by atoms with Crippen molar-refractivity contribution in [3.63, 3.8) is 0 Å². The molecule has 8 nitrogen and oxygen atoms in total. The van der Waals surface area contributed by atoms with Crippen LogP contribution in [0.3, 0.4) is 0 Å². The molecule has 2 aromatic heterocycles. The molecular weight excluding hydrogens is 334 g/mol. The van der Waals surface area contributed by atoms with Gasteiger partial charge in [0.2, 0.25) is 0 Å². The van der Waals surface area contributed by atoms with Gasteiger partial charge in [-0.1, -0.05) is 0 Å². The molecule has 3 rings (SSSR count). The van der Waals surface area contributed by atoms with Crippen molar-refractivity contribution >= 4 is 16.9 Å². The molecule has 26 heavy (non-hydrogen) atoms. The van der Waals surface area contributed by atoms with Crippen LogP contribution in [0.15, 0.2) is 15.7 Å². The quantitative estimate of drug-likeness (QED) is 0.834. The molecule has 0 spiro atoms. The predicted molar refractivity (Wildman–Crippen MR) is 99.5 cm³/mol. The summed E-state index contributed by atoms with van der Waals surface area (Å²) in [6.45, 7) is 4.12. The second-order valence-electron chi connectivity index (χ2n) is 7.02. The Morgan fingerprint density at radius 2 is 1.88 bits per heavy atom. The average Bonchev–Trinajstić information content (AvgIpc) is 2.64. The van der Waals surface area contributed by atoms with Gasteiger partial charge in [-0.05, 0) is 50.9 Å². The lowest BCUT2D eigenvalue weighted by molar-refractivity contribution is 0.0685. The monoisotopic (exact) mass is 359 g/mol. The summed E-state index contributed by atoms with van der Waals surface area (Å²) in [4.78, 5) is 43.7. The van der Waals surface area contributed by atoms with E-state index >= 15 is 0 Å². The van der Waals surface area contributed by atoms with Gasteiger partial charge < -0.3 is 10.2 Å². The minimum atomic E-state index is -0.452. The molecule has 1 aliphatic rings. The Morgan fingerprint density at radius 1 is 1.23 bits per heavy atom. The van der Waals surface area contributed by atoms with Gasteiger partial charge in [0.15, 0.2) is 0 Å². The van der Waals surface area contributed by atoms with Crippen molar-refractivity contribution in [1.82, 2.24) is 24.3 Å². The van der Waals surface area contributed by atoms with E-state index < -0.39 is 5.69 Å². The number of hydrogen-bond donors (Lipinski definition) is 1. The topological polar surface area (TPSA) is 89.2 Å². The first kappa shape index (κ1) is 18.3. The first-order valence-corrected chi connectivity index (χ1v) is 8.86.